The van der Waals surface area contributed by atoms with Gasteiger partial charge in [0.25, 0.3) is 0 Å². The molecule has 0 radical (unpaired) electrons. The molecule has 1 aromatic heterocycles. The zero-order valence-corrected chi connectivity index (χ0v) is 15.5. The maximum absolute atomic E-state index is 4.97. The van der Waals surface area contributed by atoms with Gasteiger partial charge in [-0.2, -0.15) is 0 Å². The molecule has 1 aromatic rings. The molecule has 0 amide bonds. The van der Waals surface area contributed by atoms with E-state index in [9.17, 15) is 0 Å². The van der Waals surface area contributed by atoms with Crippen LogP contribution in [-0.2, 0) is 12.0 Å². The van der Waals surface area contributed by atoms with Crippen LogP contribution in [0.3, 0.4) is 0 Å². The Bertz CT molecular complexity index is 475. The summed E-state index contributed by atoms with van der Waals surface area (Å²) in [6.07, 6.45) is 2.78. The maximum Gasteiger partial charge on any atom is 0.185 e. The minimum absolute atomic E-state index is 0.101. The first kappa shape index (κ1) is 16.8. The molecule has 0 aromatic carbocycles. The van der Waals surface area contributed by atoms with Gasteiger partial charge < -0.3 is 10.2 Å². The van der Waals surface area contributed by atoms with Crippen LogP contribution in [0.4, 0.5) is 5.13 Å². The fraction of sp³-hybridized carbons (Fsp3) is 0.824. The number of nitrogens with one attached hydrogen (secondary N) is 1. The fourth-order valence-electron chi connectivity index (χ4n) is 2.32. The highest BCUT2D eigenvalue weighted by Gasteiger charge is 2.27. The van der Waals surface area contributed by atoms with E-state index >= 15 is 0 Å². The Balaban J connectivity index is 2.17. The van der Waals surface area contributed by atoms with Crippen LogP contribution in [0.25, 0.3) is 0 Å². The molecule has 120 valence electrons. The van der Waals surface area contributed by atoms with Gasteiger partial charge in [-0.3, -0.25) is 0 Å². The van der Waals surface area contributed by atoms with Crippen molar-refractivity contribution in [2.45, 2.75) is 71.9 Å². The third kappa shape index (κ3) is 4.96. The first-order chi connectivity index (χ1) is 9.56. The van der Waals surface area contributed by atoms with E-state index in [1.807, 2.05) is 11.3 Å². The van der Waals surface area contributed by atoms with Crippen molar-refractivity contribution in [2.75, 3.05) is 18.5 Å². The molecule has 0 aliphatic heterocycles. The first-order valence-electron chi connectivity index (χ1n) is 8.02. The summed E-state index contributed by atoms with van der Waals surface area (Å²) in [6, 6.07) is 0. The number of nitrogens with zero attached hydrogens (tertiary/aromatic N) is 2. The standard InChI is InChI=1S/C17H31N3S/c1-16(2,3)14-13(10-18-17(4,5)6)21-15(19-14)20(7)11-12-8-9-12/h12,18H,8-11H2,1-7H3. The molecule has 4 heteroatoms. The zero-order chi connectivity index (χ0) is 15.8. The van der Waals surface area contributed by atoms with Gasteiger partial charge in [-0.15, -0.1) is 11.3 Å². The van der Waals surface area contributed by atoms with Crippen molar-refractivity contribution >= 4 is 16.5 Å². The predicted molar refractivity (Wildman–Crippen MR) is 93.4 cm³/mol. The maximum atomic E-state index is 4.97. The topological polar surface area (TPSA) is 28.2 Å². The number of aromatic nitrogens is 1. The minimum Gasteiger partial charge on any atom is -0.351 e. The van der Waals surface area contributed by atoms with Crippen LogP contribution in [0.1, 0.15) is 65.0 Å². The van der Waals surface area contributed by atoms with Crippen molar-refractivity contribution in [3.63, 3.8) is 0 Å². The smallest absolute Gasteiger partial charge is 0.185 e. The largest absolute Gasteiger partial charge is 0.351 e. The van der Waals surface area contributed by atoms with Crippen molar-refractivity contribution in [3.05, 3.63) is 10.6 Å². The Kier molecular flexibility index (Phi) is 4.69. The van der Waals surface area contributed by atoms with Gasteiger partial charge >= 0.3 is 0 Å². The average molecular weight is 310 g/mol. The van der Waals surface area contributed by atoms with Gasteiger partial charge in [0.2, 0.25) is 0 Å². The van der Waals surface area contributed by atoms with Gasteiger partial charge in [0, 0.05) is 36.0 Å². The highest BCUT2D eigenvalue weighted by Crippen LogP contribution is 2.36. The van der Waals surface area contributed by atoms with E-state index in [1.165, 1.54) is 28.5 Å². The van der Waals surface area contributed by atoms with E-state index < -0.39 is 0 Å². The van der Waals surface area contributed by atoms with Crippen LogP contribution in [-0.4, -0.2) is 24.1 Å². The molecule has 3 nitrogen and oxygen atoms in total. The van der Waals surface area contributed by atoms with Crippen LogP contribution < -0.4 is 10.2 Å². The molecule has 0 bridgehead atoms. The summed E-state index contributed by atoms with van der Waals surface area (Å²) in [5.74, 6) is 0.896. The van der Waals surface area contributed by atoms with Gasteiger partial charge in [-0.1, -0.05) is 20.8 Å². The summed E-state index contributed by atoms with van der Waals surface area (Å²) in [5.41, 5.74) is 1.49. The molecule has 2 rings (SSSR count). The van der Waals surface area contributed by atoms with Crippen molar-refractivity contribution in [1.29, 1.82) is 0 Å². The summed E-state index contributed by atoms with van der Waals surface area (Å²) < 4.78 is 0. The Labute approximate surface area is 134 Å². The molecular formula is C17H31N3S. The summed E-state index contributed by atoms with van der Waals surface area (Å²) in [5, 5.41) is 4.79. The van der Waals surface area contributed by atoms with Crippen molar-refractivity contribution < 1.29 is 0 Å². The van der Waals surface area contributed by atoms with Gasteiger partial charge in [0.1, 0.15) is 0 Å². The molecule has 1 N–H and O–H groups in total. The molecule has 21 heavy (non-hydrogen) atoms. The van der Waals surface area contributed by atoms with E-state index in [4.69, 9.17) is 4.98 Å². The number of rotatable bonds is 5. The number of hydrogen-bond acceptors (Lipinski definition) is 4. The Morgan fingerprint density at radius 3 is 2.29 bits per heavy atom. The SMILES string of the molecule is CN(CC1CC1)c1nc(C(C)(C)C)c(CNC(C)(C)C)s1. The van der Waals surface area contributed by atoms with Crippen molar-refractivity contribution in [3.8, 4) is 0 Å². The van der Waals surface area contributed by atoms with E-state index in [1.54, 1.807) is 0 Å². The van der Waals surface area contributed by atoms with Gasteiger partial charge in [0.15, 0.2) is 5.13 Å². The second kappa shape index (κ2) is 5.88. The van der Waals surface area contributed by atoms with Crippen LogP contribution in [0.5, 0.6) is 0 Å². The number of anilines is 1. The van der Waals surface area contributed by atoms with Gasteiger partial charge in [-0.25, -0.2) is 4.98 Å². The minimum atomic E-state index is 0.101. The lowest BCUT2D eigenvalue weighted by Crippen LogP contribution is -2.35. The van der Waals surface area contributed by atoms with Crippen LogP contribution in [0.2, 0.25) is 0 Å². The molecule has 0 atom stereocenters. The molecular weight excluding hydrogens is 278 g/mol. The molecule has 0 unspecified atom stereocenters. The Hall–Kier alpha value is -0.610. The summed E-state index contributed by atoms with van der Waals surface area (Å²) >= 11 is 1.86. The molecule has 1 aliphatic rings. The summed E-state index contributed by atoms with van der Waals surface area (Å²) in [4.78, 5) is 8.70. The van der Waals surface area contributed by atoms with Crippen LogP contribution in [0, 0.1) is 5.92 Å². The zero-order valence-electron chi connectivity index (χ0n) is 14.7. The second-order valence-electron chi connectivity index (χ2n) is 8.45. The monoisotopic (exact) mass is 309 g/mol. The molecule has 0 saturated heterocycles. The molecule has 1 heterocycles. The van der Waals surface area contributed by atoms with E-state index in [-0.39, 0.29) is 11.0 Å². The quantitative estimate of drug-likeness (QED) is 0.884. The molecule has 1 aliphatic carbocycles. The Morgan fingerprint density at radius 1 is 1.19 bits per heavy atom. The third-order valence-corrected chi connectivity index (χ3v) is 4.90. The summed E-state index contributed by atoms with van der Waals surface area (Å²) in [7, 11) is 2.19. The van der Waals surface area contributed by atoms with E-state index in [0.717, 1.165) is 19.0 Å². The molecule has 1 saturated carbocycles. The highest BCUT2D eigenvalue weighted by atomic mass is 32.1. The van der Waals surface area contributed by atoms with Gasteiger partial charge in [0.05, 0.1) is 5.69 Å². The van der Waals surface area contributed by atoms with Gasteiger partial charge in [-0.05, 0) is 39.5 Å². The Morgan fingerprint density at radius 2 is 1.81 bits per heavy atom. The molecule has 1 fully saturated rings. The highest BCUT2D eigenvalue weighted by molar-refractivity contribution is 7.15. The van der Waals surface area contributed by atoms with E-state index in [2.05, 4.69) is 58.8 Å². The lowest BCUT2D eigenvalue weighted by atomic mass is 9.91. The normalized spacial score (nSPS) is 16.3. The lowest BCUT2D eigenvalue weighted by molar-refractivity contribution is 0.422. The molecule has 0 spiro atoms. The average Bonchev–Trinajstić information content (AvgIpc) is 3.00. The van der Waals surface area contributed by atoms with Crippen molar-refractivity contribution in [1.82, 2.24) is 10.3 Å². The van der Waals surface area contributed by atoms with E-state index in [0.29, 0.717) is 0 Å². The van der Waals surface area contributed by atoms with Crippen molar-refractivity contribution in [2.24, 2.45) is 5.92 Å². The lowest BCUT2D eigenvalue weighted by Gasteiger charge is -2.22. The predicted octanol–water partition coefficient (Wildman–Crippen LogP) is 4.17. The first-order valence-corrected chi connectivity index (χ1v) is 8.84. The summed E-state index contributed by atoms with van der Waals surface area (Å²) in [6.45, 7) is 15.5. The third-order valence-electron chi connectivity index (χ3n) is 3.73. The fourth-order valence-corrected chi connectivity index (χ4v) is 3.50. The number of thiazole rings is 1. The second-order valence-corrected chi connectivity index (χ2v) is 9.51. The number of hydrogen-bond donors (Lipinski definition) is 1. The van der Waals surface area contributed by atoms with Crippen LogP contribution in [0.15, 0.2) is 0 Å². The van der Waals surface area contributed by atoms with Crippen LogP contribution >= 0.6 is 11.3 Å².